The minimum atomic E-state index is -4.35. The lowest BCUT2D eigenvalue weighted by Gasteiger charge is -2.10. The van der Waals surface area contributed by atoms with Crippen LogP contribution in [0.15, 0.2) is 30.6 Å². The van der Waals surface area contributed by atoms with E-state index in [1.54, 1.807) is 38.6 Å². The second-order valence-electron chi connectivity index (χ2n) is 5.86. The standard InChI is InChI=1S/C17H14F3N5OS/c1-9-22-10-3-4-13-14(15(10)25(9)8-17(18,19)20)24-16(27-13)23-11-7-21-6-5-12(11)26-2/h3-7H,8H2,1-2H3,(H,23,24). The molecule has 1 aromatic carbocycles. The molecular formula is C17H14F3N5OS. The van der Waals surface area contributed by atoms with Gasteiger partial charge >= 0.3 is 6.18 Å². The van der Waals surface area contributed by atoms with E-state index in [9.17, 15) is 13.2 Å². The van der Waals surface area contributed by atoms with Gasteiger partial charge in [-0.25, -0.2) is 9.97 Å². The molecule has 1 N–H and O–H groups in total. The number of aryl methyl sites for hydroxylation is 1. The average molecular weight is 393 g/mol. The lowest BCUT2D eigenvalue weighted by Crippen LogP contribution is -2.18. The van der Waals surface area contributed by atoms with Crippen LogP contribution in [-0.2, 0) is 6.54 Å². The van der Waals surface area contributed by atoms with Crippen LogP contribution in [0.2, 0.25) is 0 Å². The van der Waals surface area contributed by atoms with Crippen LogP contribution in [-0.4, -0.2) is 32.8 Å². The third-order valence-electron chi connectivity index (χ3n) is 4.04. The number of benzene rings is 1. The first-order valence-corrected chi connectivity index (χ1v) is 8.75. The normalized spacial score (nSPS) is 12.0. The third-order valence-corrected chi connectivity index (χ3v) is 4.97. The number of nitrogens with zero attached hydrogens (tertiary/aromatic N) is 4. The van der Waals surface area contributed by atoms with Crippen molar-refractivity contribution in [2.24, 2.45) is 0 Å². The lowest BCUT2D eigenvalue weighted by atomic mass is 10.3. The Labute approximate surface area is 155 Å². The molecule has 0 spiro atoms. The smallest absolute Gasteiger partial charge is 0.406 e. The van der Waals surface area contributed by atoms with Gasteiger partial charge in [0.15, 0.2) is 5.13 Å². The van der Waals surface area contributed by atoms with E-state index < -0.39 is 12.7 Å². The van der Waals surface area contributed by atoms with Crippen LogP contribution in [0, 0.1) is 6.92 Å². The van der Waals surface area contributed by atoms with E-state index >= 15 is 0 Å². The topological polar surface area (TPSA) is 64.9 Å². The number of rotatable bonds is 4. The van der Waals surface area contributed by atoms with Crippen LogP contribution < -0.4 is 10.1 Å². The third kappa shape index (κ3) is 3.27. The van der Waals surface area contributed by atoms with Crippen molar-refractivity contribution in [1.82, 2.24) is 19.5 Å². The van der Waals surface area contributed by atoms with Crippen LogP contribution in [0.25, 0.3) is 21.3 Å². The zero-order chi connectivity index (χ0) is 19.2. The predicted octanol–water partition coefficient (Wildman–Crippen LogP) is 4.66. The summed E-state index contributed by atoms with van der Waals surface area (Å²) in [6.07, 6.45) is -1.15. The first-order valence-electron chi connectivity index (χ1n) is 7.94. The number of hydrogen-bond donors (Lipinski definition) is 1. The van der Waals surface area contributed by atoms with Crippen LogP contribution in [0.3, 0.4) is 0 Å². The number of methoxy groups -OCH3 is 1. The minimum Gasteiger partial charge on any atom is -0.494 e. The van der Waals surface area contributed by atoms with Gasteiger partial charge in [-0.15, -0.1) is 0 Å². The monoisotopic (exact) mass is 393 g/mol. The summed E-state index contributed by atoms with van der Waals surface area (Å²) in [5.74, 6) is 0.888. The van der Waals surface area contributed by atoms with E-state index in [1.165, 1.54) is 11.3 Å². The molecule has 3 heterocycles. The van der Waals surface area contributed by atoms with Crippen molar-refractivity contribution >= 4 is 43.4 Å². The molecule has 0 saturated carbocycles. The van der Waals surface area contributed by atoms with E-state index in [-0.39, 0.29) is 0 Å². The van der Waals surface area contributed by atoms with Crippen molar-refractivity contribution < 1.29 is 17.9 Å². The highest BCUT2D eigenvalue weighted by molar-refractivity contribution is 7.22. The highest BCUT2D eigenvalue weighted by atomic mass is 32.1. The highest BCUT2D eigenvalue weighted by Crippen LogP contribution is 2.36. The molecular weight excluding hydrogens is 379 g/mol. The molecule has 0 saturated heterocycles. The summed E-state index contributed by atoms with van der Waals surface area (Å²) in [6.45, 7) is 0.453. The number of hydrogen-bond acceptors (Lipinski definition) is 6. The van der Waals surface area contributed by atoms with Gasteiger partial charge in [-0.1, -0.05) is 11.3 Å². The predicted molar refractivity (Wildman–Crippen MR) is 97.8 cm³/mol. The second kappa shape index (κ2) is 6.38. The Balaban J connectivity index is 1.83. The summed E-state index contributed by atoms with van der Waals surface area (Å²) < 4.78 is 46.2. The molecule has 27 heavy (non-hydrogen) atoms. The van der Waals surface area contributed by atoms with Gasteiger partial charge < -0.3 is 14.6 Å². The highest BCUT2D eigenvalue weighted by Gasteiger charge is 2.30. The van der Waals surface area contributed by atoms with Crippen LogP contribution in [0.4, 0.5) is 24.0 Å². The van der Waals surface area contributed by atoms with Crippen LogP contribution >= 0.6 is 11.3 Å². The molecule has 0 aliphatic carbocycles. The van der Waals surface area contributed by atoms with Gasteiger partial charge in [0.2, 0.25) is 0 Å². The molecule has 0 amide bonds. The fourth-order valence-corrected chi connectivity index (χ4v) is 3.80. The quantitative estimate of drug-likeness (QED) is 0.546. The first kappa shape index (κ1) is 17.5. The molecule has 3 aromatic heterocycles. The van der Waals surface area contributed by atoms with Crippen molar-refractivity contribution in [3.05, 3.63) is 36.4 Å². The van der Waals surface area contributed by atoms with Gasteiger partial charge in [-0.2, -0.15) is 13.2 Å². The number of anilines is 2. The minimum absolute atomic E-state index is 0.297. The maximum absolute atomic E-state index is 13.0. The van der Waals surface area contributed by atoms with E-state index in [0.717, 1.165) is 9.27 Å². The van der Waals surface area contributed by atoms with E-state index in [2.05, 4.69) is 20.3 Å². The Morgan fingerprint density at radius 1 is 1.22 bits per heavy atom. The summed E-state index contributed by atoms with van der Waals surface area (Å²) in [6, 6.07) is 5.23. The number of nitrogens with one attached hydrogen (secondary N) is 1. The van der Waals surface area contributed by atoms with E-state index in [1.807, 2.05) is 6.07 Å². The summed E-state index contributed by atoms with van der Waals surface area (Å²) >= 11 is 1.33. The SMILES string of the molecule is COc1ccncc1Nc1nc2c(ccc3nc(C)n(CC(F)(F)F)c32)s1. The number of ether oxygens (including phenoxy) is 1. The van der Waals surface area contributed by atoms with Crippen molar-refractivity contribution in [1.29, 1.82) is 0 Å². The Morgan fingerprint density at radius 3 is 2.78 bits per heavy atom. The summed E-state index contributed by atoms with van der Waals surface area (Å²) in [5, 5.41) is 3.65. The number of fused-ring (bicyclic) bond motifs is 3. The van der Waals surface area contributed by atoms with Gasteiger partial charge in [-0.05, 0) is 19.1 Å². The maximum atomic E-state index is 13.0. The van der Waals surface area contributed by atoms with Crippen molar-refractivity contribution in [3.8, 4) is 5.75 Å². The van der Waals surface area contributed by atoms with E-state index in [4.69, 9.17) is 4.74 Å². The van der Waals surface area contributed by atoms with Crippen LogP contribution in [0.1, 0.15) is 5.82 Å². The molecule has 4 aromatic rings. The van der Waals surface area contributed by atoms with Gasteiger partial charge in [0.1, 0.15) is 29.3 Å². The molecule has 0 radical (unpaired) electrons. The Bertz CT molecular complexity index is 1130. The molecule has 6 nitrogen and oxygen atoms in total. The summed E-state index contributed by atoms with van der Waals surface area (Å²) in [4.78, 5) is 12.8. The summed E-state index contributed by atoms with van der Waals surface area (Å²) in [5.41, 5.74) is 1.97. The first-order chi connectivity index (χ1) is 12.9. The molecule has 0 fully saturated rings. The fourth-order valence-electron chi connectivity index (χ4n) is 2.92. The number of imidazole rings is 1. The van der Waals surface area contributed by atoms with Crippen molar-refractivity contribution in [2.45, 2.75) is 19.6 Å². The van der Waals surface area contributed by atoms with Crippen molar-refractivity contribution in [2.75, 3.05) is 12.4 Å². The van der Waals surface area contributed by atoms with Crippen LogP contribution in [0.5, 0.6) is 5.75 Å². The maximum Gasteiger partial charge on any atom is 0.406 e. The molecule has 0 atom stereocenters. The number of alkyl halides is 3. The molecule has 140 valence electrons. The number of thiazole rings is 1. The van der Waals surface area contributed by atoms with E-state index in [0.29, 0.717) is 38.9 Å². The zero-order valence-electron chi connectivity index (χ0n) is 14.3. The average Bonchev–Trinajstić information content (AvgIpc) is 3.14. The molecule has 0 bridgehead atoms. The lowest BCUT2D eigenvalue weighted by molar-refractivity contribution is -0.140. The van der Waals surface area contributed by atoms with Crippen molar-refractivity contribution in [3.63, 3.8) is 0 Å². The number of pyridine rings is 1. The molecule has 4 rings (SSSR count). The molecule has 0 unspecified atom stereocenters. The van der Waals surface area contributed by atoms with Gasteiger partial charge in [0, 0.05) is 12.3 Å². The molecule has 0 aliphatic rings. The second-order valence-corrected chi connectivity index (χ2v) is 6.89. The molecule has 10 heteroatoms. The fraction of sp³-hybridized carbons (Fsp3) is 0.235. The summed E-state index contributed by atoms with van der Waals surface area (Å²) in [7, 11) is 1.54. The Morgan fingerprint density at radius 2 is 2.04 bits per heavy atom. The molecule has 0 aliphatic heterocycles. The Hall–Kier alpha value is -2.88. The van der Waals surface area contributed by atoms with Gasteiger partial charge in [0.25, 0.3) is 0 Å². The number of aromatic nitrogens is 4. The van der Waals surface area contributed by atoms with Gasteiger partial charge in [-0.3, -0.25) is 4.98 Å². The number of halogens is 3. The largest absolute Gasteiger partial charge is 0.494 e. The zero-order valence-corrected chi connectivity index (χ0v) is 15.1. The Kier molecular flexibility index (Phi) is 4.14. The van der Waals surface area contributed by atoms with Gasteiger partial charge in [0.05, 0.1) is 29.0 Å².